The van der Waals surface area contributed by atoms with Crippen LogP contribution in [0, 0.1) is 5.92 Å². The van der Waals surface area contributed by atoms with Crippen LogP contribution in [0.25, 0.3) is 0 Å². The third-order valence-electron chi connectivity index (χ3n) is 3.03. The molecule has 0 bridgehead atoms. The molecule has 1 heterocycles. The van der Waals surface area contributed by atoms with Gasteiger partial charge in [0.25, 0.3) is 5.91 Å². The maximum atomic E-state index is 12.2. The van der Waals surface area contributed by atoms with Crippen molar-refractivity contribution in [2.24, 2.45) is 10.9 Å². The van der Waals surface area contributed by atoms with Crippen LogP contribution in [0.15, 0.2) is 28.5 Å². The van der Waals surface area contributed by atoms with E-state index in [4.69, 9.17) is 9.47 Å². The fourth-order valence-electron chi connectivity index (χ4n) is 1.86. The Hall–Kier alpha value is -1.95. The molecule has 1 amide bonds. The van der Waals surface area contributed by atoms with Gasteiger partial charge in [-0.1, -0.05) is 19.1 Å². The van der Waals surface area contributed by atoms with Gasteiger partial charge in [0.15, 0.2) is 6.10 Å². The van der Waals surface area contributed by atoms with Gasteiger partial charge < -0.3 is 14.6 Å². The highest BCUT2D eigenvalue weighted by Gasteiger charge is 2.39. The SMILES string of the molecule is C/C=C/C[C@@H](C)/C(O)=C1\C(=O)N=C(OC)C(OC)C1=O. The van der Waals surface area contributed by atoms with E-state index in [0.717, 1.165) is 0 Å². The molecule has 1 aliphatic heterocycles. The quantitative estimate of drug-likeness (QED) is 0.366. The van der Waals surface area contributed by atoms with E-state index in [0.29, 0.717) is 6.42 Å². The number of hydrogen-bond acceptors (Lipinski definition) is 5. The molecule has 1 aliphatic rings. The van der Waals surface area contributed by atoms with Crippen molar-refractivity contribution >= 4 is 17.6 Å². The molecule has 0 saturated heterocycles. The van der Waals surface area contributed by atoms with E-state index in [-0.39, 0.29) is 23.1 Å². The normalized spacial score (nSPS) is 23.8. The topological polar surface area (TPSA) is 85.2 Å². The van der Waals surface area contributed by atoms with Gasteiger partial charge in [-0.25, -0.2) is 0 Å². The Kier molecular flexibility index (Phi) is 5.64. The van der Waals surface area contributed by atoms with Gasteiger partial charge >= 0.3 is 0 Å². The number of allylic oxidation sites excluding steroid dienone is 3. The molecular weight excluding hydrogens is 262 g/mol. The van der Waals surface area contributed by atoms with Gasteiger partial charge in [-0.2, -0.15) is 4.99 Å². The zero-order chi connectivity index (χ0) is 15.3. The standard InChI is InChI=1S/C14H19NO5/c1-5-6-7-8(2)10(16)9-11(17)12(19-3)14(20-4)15-13(9)18/h5-6,8,12,16H,7H2,1-4H3/b6-5+,10-9+/t8-,12?/m1/s1. The number of nitrogens with zero attached hydrogens (tertiary/aromatic N) is 1. The van der Waals surface area contributed by atoms with Crippen molar-refractivity contribution in [1.82, 2.24) is 0 Å². The van der Waals surface area contributed by atoms with Crippen molar-refractivity contribution in [3.05, 3.63) is 23.5 Å². The van der Waals surface area contributed by atoms with Gasteiger partial charge in [-0.3, -0.25) is 9.59 Å². The molecule has 0 aliphatic carbocycles. The highest BCUT2D eigenvalue weighted by atomic mass is 16.5. The second-order valence-corrected chi connectivity index (χ2v) is 4.41. The van der Waals surface area contributed by atoms with Gasteiger partial charge in [-0.05, 0) is 13.3 Å². The van der Waals surface area contributed by atoms with Crippen molar-refractivity contribution in [2.75, 3.05) is 14.2 Å². The summed E-state index contributed by atoms with van der Waals surface area (Å²) >= 11 is 0. The summed E-state index contributed by atoms with van der Waals surface area (Å²) in [7, 11) is 2.61. The second kappa shape index (κ2) is 7.00. The highest BCUT2D eigenvalue weighted by molar-refractivity contribution is 6.32. The van der Waals surface area contributed by atoms with E-state index >= 15 is 0 Å². The minimum atomic E-state index is -1.09. The summed E-state index contributed by atoms with van der Waals surface area (Å²) < 4.78 is 9.84. The molecule has 6 heteroatoms. The van der Waals surface area contributed by atoms with E-state index in [2.05, 4.69) is 4.99 Å². The molecule has 0 fully saturated rings. The van der Waals surface area contributed by atoms with Crippen LogP contribution in [-0.2, 0) is 19.1 Å². The van der Waals surface area contributed by atoms with Crippen LogP contribution < -0.4 is 0 Å². The van der Waals surface area contributed by atoms with Crippen molar-refractivity contribution in [3.63, 3.8) is 0 Å². The van der Waals surface area contributed by atoms with Crippen LogP contribution in [0.1, 0.15) is 20.3 Å². The van der Waals surface area contributed by atoms with Crippen LogP contribution in [0.3, 0.4) is 0 Å². The van der Waals surface area contributed by atoms with Gasteiger partial charge in [0.05, 0.1) is 7.11 Å². The van der Waals surface area contributed by atoms with Crippen LogP contribution in [0.2, 0.25) is 0 Å². The number of aliphatic imine (C=N–C) groups is 1. The van der Waals surface area contributed by atoms with Crippen molar-refractivity contribution in [2.45, 2.75) is 26.4 Å². The molecule has 1 rings (SSSR count). The fraction of sp³-hybridized carbons (Fsp3) is 0.500. The minimum absolute atomic E-state index is 0.0971. The van der Waals surface area contributed by atoms with Crippen LogP contribution in [-0.4, -0.2) is 43.0 Å². The summed E-state index contributed by atoms with van der Waals surface area (Å²) in [6.45, 7) is 3.57. The first-order chi connectivity index (χ1) is 9.47. The molecular formula is C14H19NO5. The lowest BCUT2D eigenvalue weighted by molar-refractivity contribution is -0.127. The van der Waals surface area contributed by atoms with Crippen molar-refractivity contribution in [3.8, 4) is 0 Å². The number of amides is 1. The van der Waals surface area contributed by atoms with E-state index in [9.17, 15) is 14.7 Å². The summed E-state index contributed by atoms with van der Waals surface area (Å²) in [6, 6.07) is 0. The molecule has 1 unspecified atom stereocenters. The number of Topliss-reactive ketones (excluding diaryl/α,β-unsaturated/α-hetero) is 1. The molecule has 0 aromatic rings. The lowest BCUT2D eigenvalue weighted by Gasteiger charge is -2.22. The number of rotatable bonds is 4. The zero-order valence-corrected chi connectivity index (χ0v) is 12.0. The molecule has 6 nitrogen and oxygen atoms in total. The predicted octanol–water partition coefficient (Wildman–Crippen LogP) is 1.57. The lowest BCUT2D eigenvalue weighted by Crippen LogP contribution is -2.41. The molecule has 0 saturated carbocycles. The number of aliphatic hydroxyl groups excluding tert-OH is 1. The van der Waals surface area contributed by atoms with Crippen molar-refractivity contribution in [1.29, 1.82) is 0 Å². The number of carbonyl (C=O) groups is 2. The van der Waals surface area contributed by atoms with Crippen molar-refractivity contribution < 1.29 is 24.2 Å². The smallest absolute Gasteiger partial charge is 0.287 e. The summed E-state index contributed by atoms with van der Waals surface area (Å²) in [5, 5.41) is 10.1. The Labute approximate surface area is 117 Å². The number of ether oxygens (including phenoxy) is 2. The average molecular weight is 281 g/mol. The molecule has 1 N–H and O–H groups in total. The highest BCUT2D eigenvalue weighted by Crippen LogP contribution is 2.23. The Morgan fingerprint density at radius 2 is 2.10 bits per heavy atom. The first-order valence-electron chi connectivity index (χ1n) is 6.26. The minimum Gasteiger partial charge on any atom is -0.511 e. The van der Waals surface area contributed by atoms with Gasteiger partial charge in [0.1, 0.15) is 11.3 Å². The van der Waals surface area contributed by atoms with Crippen LogP contribution in [0.4, 0.5) is 0 Å². The number of ketones is 1. The lowest BCUT2D eigenvalue weighted by atomic mass is 9.94. The summed E-state index contributed by atoms with van der Waals surface area (Å²) in [4.78, 5) is 27.7. The number of carbonyl (C=O) groups excluding carboxylic acids is 2. The maximum absolute atomic E-state index is 12.2. The largest absolute Gasteiger partial charge is 0.511 e. The van der Waals surface area contributed by atoms with Crippen LogP contribution >= 0.6 is 0 Å². The Bertz CT molecular complexity index is 490. The molecule has 0 aromatic carbocycles. The molecule has 110 valence electrons. The van der Waals surface area contributed by atoms with E-state index in [1.165, 1.54) is 14.2 Å². The fourth-order valence-corrected chi connectivity index (χ4v) is 1.86. The first-order valence-corrected chi connectivity index (χ1v) is 6.26. The number of hydrogen-bond donors (Lipinski definition) is 1. The molecule has 20 heavy (non-hydrogen) atoms. The third-order valence-corrected chi connectivity index (χ3v) is 3.03. The van der Waals surface area contributed by atoms with E-state index < -0.39 is 17.8 Å². The number of methoxy groups -OCH3 is 2. The Morgan fingerprint density at radius 3 is 2.60 bits per heavy atom. The average Bonchev–Trinajstić information content (AvgIpc) is 2.43. The summed E-state index contributed by atoms with van der Waals surface area (Å²) in [6.07, 6.45) is 3.10. The monoisotopic (exact) mass is 281 g/mol. The molecule has 0 spiro atoms. The maximum Gasteiger partial charge on any atom is 0.287 e. The molecule has 2 atom stereocenters. The van der Waals surface area contributed by atoms with Crippen LogP contribution in [0.5, 0.6) is 0 Å². The second-order valence-electron chi connectivity index (χ2n) is 4.41. The summed E-state index contributed by atoms with van der Waals surface area (Å²) in [5.41, 5.74) is -0.324. The zero-order valence-electron chi connectivity index (χ0n) is 12.0. The summed E-state index contributed by atoms with van der Waals surface area (Å²) in [5.74, 6) is -2.15. The predicted molar refractivity (Wildman–Crippen MR) is 73.5 cm³/mol. The molecule has 0 aromatic heterocycles. The van der Waals surface area contributed by atoms with E-state index in [1.54, 1.807) is 6.92 Å². The third kappa shape index (κ3) is 3.14. The Morgan fingerprint density at radius 1 is 1.45 bits per heavy atom. The van der Waals surface area contributed by atoms with Gasteiger partial charge in [-0.15, -0.1) is 0 Å². The molecule has 0 radical (unpaired) electrons. The number of aliphatic hydroxyl groups is 1. The van der Waals surface area contributed by atoms with Gasteiger partial charge in [0, 0.05) is 13.0 Å². The Balaban J connectivity index is 3.20. The first kappa shape index (κ1) is 16.1. The van der Waals surface area contributed by atoms with Gasteiger partial charge in [0.2, 0.25) is 11.7 Å². The van der Waals surface area contributed by atoms with E-state index in [1.807, 2.05) is 19.1 Å².